The molecule has 1 amide bonds. The van der Waals surface area contributed by atoms with Gasteiger partial charge >= 0.3 is 6.09 Å². The second-order valence-corrected chi connectivity index (χ2v) is 9.73. The topological polar surface area (TPSA) is 44.8 Å². The van der Waals surface area contributed by atoms with Crippen LogP contribution in [0.15, 0.2) is 18.2 Å². The Kier molecular flexibility index (Phi) is 6.80. The fraction of sp³-hybridized carbons (Fsp3) is 0.619. The number of halogens is 1. The first-order valence-corrected chi connectivity index (χ1v) is 12.0. The van der Waals surface area contributed by atoms with Crippen molar-refractivity contribution in [1.29, 1.82) is 0 Å². The molecule has 0 aromatic heterocycles. The fourth-order valence-corrected chi connectivity index (χ4v) is 5.56. The van der Waals surface area contributed by atoms with Crippen molar-refractivity contribution in [3.8, 4) is 0 Å². The Morgan fingerprint density at radius 2 is 2.03 bits per heavy atom. The Balaban J connectivity index is 1.31. The molecule has 0 unspecified atom stereocenters. The van der Waals surface area contributed by atoms with Crippen LogP contribution in [-0.2, 0) is 4.74 Å². The maximum Gasteiger partial charge on any atom is 0.414 e. The number of carbonyl (C=O) groups is 1. The number of hydrogen-bond donors (Lipinski definition) is 1. The van der Waals surface area contributed by atoms with Crippen LogP contribution in [0.4, 0.5) is 20.6 Å². The maximum atomic E-state index is 14.7. The molecule has 1 aliphatic carbocycles. The van der Waals surface area contributed by atoms with Gasteiger partial charge in [-0.2, -0.15) is 11.8 Å². The van der Waals surface area contributed by atoms with Crippen molar-refractivity contribution >= 4 is 46.4 Å². The zero-order valence-electron chi connectivity index (χ0n) is 16.6. The molecule has 1 aromatic rings. The normalized spacial score (nSPS) is 22.8. The number of thioether (sulfide) groups is 1. The highest BCUT2D eigenvalue weighted by Gasteiger charge is 2.33. The van der Waals surface area contributed by atoms with Crippen LogP contribution in [0.2, 0.25) is 0 Å². The number of thiocarbonyl (C=S) groups is 1. The van der Waals surface area contributed by atoms with Crippen LogP contribution in [-0.4, -0.2) is 54.9 Å². The summed E-state index contributed by atoms with van der Waals surface area (Å²) in [4.78, 5) is 16.7. The van der Waals surface area contributed by atoms with E-state index in [0.717, 1.165) is 36.0 Å². The molecular weight excluding hydrogens is 409 g/mol. The minimum atomic E-state index is -0.431. The number of hydrogen-bond acceptors (Lipinski definition) is 5. The van der Waals surface area contributed by atoms with Crippen molar-refractivity contribution in [3.05, 3.63) is 24.0 Å². The molecule has 3 aliphatic rings. The van der Waals surface area contributed by atoms with E-state index in [9.17, 15) is 9.18 Å². The number of rotatable bonds is 6. The second kappa shape index (κ2) is 9.51. The lowest BCUT2D eigenvalue weighted by atomic mass is 10.0. The largest absolute Gasteiger partial charge is 0.442 e. The van der Waals surface area contributed by atoms with Gasteiger partial charge < -0.3 is 15.0 Å². The van der Waals surface area contributed by atoms with Crippen molar-refractivity contribution in [1.82, 2.24) is 5.32 Å². The van der Waals surface area contributed by atoms with E-state index in [0.29, 0.717) is 30.4 Å². The lowest BCUT2D eigenvalue weighted by molar-refractivity contribution is 0.143. The highest BCUT2D eigenvalue weighted by molar-refractivity contribution is 7.99. The summed E-state index contributed by atoms with van der Waals surface area (Å²) in [5, 5.41) is 3.25. The fourth-order valence-electron chi connectivity index (χ4n) is 4.34. The zero-order valence-corrected chi connectivity index (χ0v) is 18.2. The first-order chi connectivity index (χ1) is 14.1. The lowest BCUT2D eigenvalue weighted by Gasteiger charge is -2.29. The number of nitrogens with zero attached hydrogens (tertiary/aromatic N) is 2. The Morgan fingerprint density at radius 1 is 1.28 bits per heavy atom. The van der Waals surface area contributed by atoms with E-state index in [2.05, 4.69) is 10.2 Å². The minimum Gasteiger partial charge on any atom is -0.442 e. The minimum absolute atomic E-state index is 0.286. The number of ether oxygens (including phenoxy) is 1. The van der Waals surface area contributed by atoms with Crippen molar-refractivity contribution in [2.75, 3.05) is 47.5 Å². The molecular formula is C21H28FN3O2S2. The lowest BCUT2D eigenvalue weighted by Crippen LogP contribution is -2.34. The van der Waals surface area contributed by atoms with E-state index in [4.69, 9.17) is 17.0 Å². The Morgan fingerprint density at radius 3 is 2.76 bits per heavy atom. The standard InChI is InChI=1S/C21H28FN3O2S2/c22-18-12-16(5-6-19(18)24-7-9-29-10-8-24)25-14-17(27-21(25)26)13-23-20(28)11-15-3-1-2-4-15/h5-6,12,15,17H,1-4,7-11,13-14H2,(H,23,28)/t17-/m0/s1. The molecule has 1 N–H and O–H groups in total. The van der Waals surface area contributed by atoms with Crippen LogP contribution in [0.25, 0.3) is 0 Å². The van der Waals surface area contributed by atoms with Gasteiger partial charge in [0.2, 0.25) is 0 Å². The van der Waals surface area contributed by atoms with Gasteiger partial charge in [-0.15, -0.1) is 0 Å². The van der Waals surface area contributed by atoms with Crippen molar-refractivity contribution in [2.45, 2.75) is 38.2 Å². The summed E-state index contributed by atoms with van der Waals surface area (Å²) in [6.07, 6.45) is 5.31. The molecule has 1 atom stereocenters. The van der Waals surface area contributed by atoms with Crippen LogP contribution in [0.1, 0.15) is 32.1 Å². The highest BCUT2D eigenvalue weighted by atomic mass is 32.2. The second-order valence-electron chi connectivity index (χ2n) is 8.01. The molecule has 158 valence electrons. The molecule has 1 saturated carbocycles. The molecule has 0 radical (unpaired) electrons. The van der Waals surface area contributed by atoms with Crippen molar-refractivity contribution in [2.24, 2.45) is 5.92 Å². The third-order valence-electron chi connectivity index (χ3n) is 5.94. The Bertz CT molecular complexity index is 751. The number of anilines is 2. The van der Waals surface area contributed by atoms with Gasteiger partial charge in [0.1, 0.15) is 11.9 Å². The number of nitrogens with one attached hydrogen (secondary N) is 1. The quantitative estimate of drug-likeness (QED) is 0.673. The number of benzene rings is 1. The van der Waals surface area contributed by atoms with Gasteiger partial charge in [-0.3, -0.25) is 4.90 Å². The van der Waals surface area contributed by atoms with Crippen molar-refractivity contribution < 1.29 is 13.9 Å². The summed E-state index contributed by atoms with van der Waals surface area (Å²) in [5.74, 6) is 2.42. The van der Waals surface area contributed by atoms with Gasteiger partial charge in [-0.05, 0) is 24.1 Å². The molecule has 2 aliphatic heterocycles. The third-order valence-corrected chi connectivity index (χ3v) is 7.20. The first kappa shape index (κ1) is 20.7. The predicted molar refractivity (Wildman–Crippen MR) is 121 cm³/mol. The van der Waals surface area contributed by atoms with Crippen LogP contribution in [0.3, 0.4) is 0 Å². The number of carbonyl (C=O) groups excluding carboxylic acids is 1. The zero-order chi connectivity index (χ0) is 20.2. The molecule has 2 saturated heterocycles. The molecule has 4 rings (SSSR count). The van der Waals surface area contributed by atoms with E-state index in [-0.39, 0.29) is 11.9 Å². The summed E-state index contributed by atoms with van der Waals surface area (Å²) < 4.78 is 20.2. The molecule has 3 fully saturated rings. The van der Waals surface area contributed by atoms with E-state index in [1.807, 2.05) is 17.8 Å². The summed E-state index contributed by atoms with van der Waals surface area (Å²) in [6.45, 7) is 2.60. The predicted octanol–water partition coefficient (Wildman–Crippen LogP) is 4.20. The number of amides is 1. The summed E-state index contributed by atoms with van der Waals surface area (Å²) in [7, 11) is 0. The van der Waals surface area contributed by atoms with Crippen LogP contribution in [0, 0.1) is 11.7 Å². The van der Waals surface area contributed by atoms with Gasteiger partial charge in [0.15, 0.2) is 0 Å². The first-order valence-electron chi connectivity index (χ1n) is 10.5. The molecule has 0 bridgehead atoms. The summed E-state index contributed by atoms with van der Waals surface area (Å²) >= 11 is 7.34. The molecule has 5 nitrogen and oxygen atoms in total. The average Bonchev–Trinajstić information content (AvgIpc) is 3.36. The SMILES string of the molecule is O=C1O[C@@H](CNC(=S)CC2CCCC2)CN1c1ccc(N2CCSCC2)c(F)c1. The number of cyclic esters (lactones) is 1. The van der Waals surface area contributed by atoms with Crippen LogP contribution < -0.4 is 15.1 Å². The van der Waals surface area contributed by atoms with Gasteiger partial charge in [0, 0.05) is 31.0 Å². The van der Waals surface area contributed by atoms with Gasteiger partial charge in [-0.1, -0.05) is 37.9 Å². The third kappa shape index (κ3) is 5.15. The Labute approximate surface area is 181 Å². The molecule has 1 aromatic carbocycles. The molecule has 0 spiro atoms. The van der Waals surface area contributed by atoms with Gasteiger partial charge in [0.25, 0.3) is 0 Å². The average molecular weight is 438 g/mol. The smallest absolute Gasteiger partial charge is 0.414 e. The van der Waals surface area contributed by atoms with Gasteiger partial charge in [0.05, 0.1) is 29.5 Å². The van der Waals surface area contributed by atoms with E-state index < -0.39 is 6.09 Å². The van der Waals surface area contributed by atoms with E-state index in [1.165, 1.54) is 36.6 Å². The molecule has 29 heavy (non-hydrogen) atoms. The van der Waals surface area contributed by atoms with Crippen LogP contribution >= 0.6 is 24.0 Å². The Hall–Kier alpha value is -1.54. The molecule has 2 heterocycles. The summed E-state index contributed by atoms with van der Waals surface area (Å²) in [6, 6.07) is 5.02. The van der Waals surface area contributed by atoms with Crippen LogP contribution in [0.5, 0.6) is 0 Å². The van der Waals surface area contributed by atoms with E-state index in [1.54, 1.807) is 6.07 Å². The monoisotopic (exact) mass is 437 g/mol. The summed E-state index contributed by atoms with van der Waals surface area (Å²) in [5.41, 5.74) is 1.15. The molecule has 8 heteroatoms. The highest BCUT2D eigenvalue weighted by Crippen LogP contribution is 2.30. The van der Waals surface area contributed by atoms with E-state index >= 15 is 0 Å². The maximum absolute atomic E-state index is 14.7. The van der Waals surface area contributed by atoms with Crippen molar-refractivity contribution in [3.63, 3.8) is 0 Å². The van der Waals surface area contributed by atoms with Gasteiger partial charge in [-0.25, -0.2) is 9.18 Å².